The molecule has 0 bridgehead atoms. The van der Waals surface area contributed by atoms with Gasteiger partial charge < -0.3 is 15.6 Å². The molecule has 6 nitrogen and oxygen atoms in total. The molecule has 2 rings (SSSR count). The number of carbonyl (C=O) groups excluding carboxylic acids is 1. The third-order valence-corrected chi connectivity index (χ3v) is 3.89. The molecular formula is C17H24N4O2. The number of nitrogens with one attached hydrogen (secondary N) is 1. The molecule has 0 fully saturated rings. The van der Waals surface area contributed by atoms with Gasteiger partial charge in [-0.05, 0) is 24.5 Å². The molecule has 0 unspecified atom stereocenters. The van der Waals surface area contributed by atoms with Crippen LogP contribution in [-0.4, -0.2) is 33.4 Å². The maximum Gasteiger partial charge on any atom is 0.258 e. The minimum atomic E-state index is -0.602. The van der Waals surface area contributed by atoms with Gasteiger partial charge in [0.25, 0.3) is 5.56 Å². The zero-order valence-corrected chi connectivity index (χ0v) is 14.1. The molecule has 0 aliphatic rings. The van der Waals surface area contributed by atoms with Gasteiger partial charge in [-0.15, -0.1) is 0 Å². The van der Waals surface area contributed by atoms with E-state index >= 15 is 0 Å². The van der Waals surface area contributed by atoms with Crippen LogP contribution >= 0.6 is 0 Å². The Hall–Kier alpha value is -2.21. The summed E-state index contributed by atoms with van der Waals surface area (Å²) in [5.41, 5.74) is 6.16. The van der Waals surface area contributed by atoms with Crippen molar-refractivity contribution in [3.63, 3.8) is 0 Å². The average molecular weight is 316 g/mol. The number of aromatic amines is 1. The Labute approximate surface area is 135 Å². The highest BCUT2D eigenvalue weighted by Crippen LogP contribution is 2.19. The predicted molar refractivity (Wildman–Crippen MR) is 90.9 cm³/mol. The zero-order chi connectivity index (χ0) is 17.2. The number of nitrogens with two attached hydrogens (primary N) is 1. The molecule has 6 heteroatoms. The van der Waals surface area contributed by atoms with Gasteiger partial charge in [0.15, 0.2) is 0 Å². The number of carbonyl (C=O) groups is 1. The smallest absolute Gasteiger partial charge is 0.258 e. The number of nitrogens with zero attached hydrogens (tertiary/aromatic N) is 2. The third kappa shape index (κ3) is 3.76. The molecule has 1 atom stereocenters. The SMILES string of the molecule is CCN(Cc1nc2ccccc2c(=O)[nH]1)C(=O)[C@@H](N)C(C)(C)C. The highest BCUT2D eigenvalue weighted by molar-refractivity contribution is 5.82. The molecular weight excluding hydrogens is 292 g/mol. The van der Waals surface area contributed by atoms with Crippen LogP contribution in [0, 0.1) is 5.41 Å². The van der Waals surface area contributed by atoms with Crippen LogP contribution in [0.3, 0.4) is 0 Å². The first-order valence-electron chi connectivity index (χ1n) is 7.76. The maximum absolute atomic E-state index is 12.6. The average Bonchev–Trinajstić information content (AvgIpc) is 2.50. The van der Waals surface area contributed by atoms with Crippen molar-refractivity contribution in [2.24, 2.45) is 11.1 Å². The third-order valence-electron chi connectivity index (χ3n) is 3.89. The van der Waals surface area contributed by atoms with Crippen molar-refractivity contribution in [2.75, 3.05) is 6.54 Å². The standard InChI is InChI=1S/C17H24N4O2/c1-5-21(16(23)14(18)17(2,3)4)10-13-19-12-9-7-6-8-11(12)15(22)20-13/h6-9,14H,5,10,18H2,1-4H3,(H,19,20,22)/t14-/m1/s1. The van der Waals surface area contributed by atoms with Crippen molar-refractivity contribution in [2.45, 2.75) is 40.3 Å². The van der Waals surface area contributed by atoms with E-state index in [1.54, 1.807) is 23.1 Å². The van der Waals surface area contributed by atoms with Crippen LogP contribution < -0.4 is 11.3 Å². The molecule has 0 aliphatic heterocycles. The number of rotatable bonds is 4. The van der Waals surface area contributed by atoms with E-state index < -0.39 is 6.04 Å². The second-order valence-electron chi connectivity index (χ2n) is 6.73. The molecule has 2 aromatic rings. The summed E-state index contributed by atoms with van der Waals surface area (Å²) in [7, 11) is 0. The molecule has 0 spiro atoms. The Morgan fingerprint density at radius 3 is 2.61 bits per heavy atom. The van der Waals surface area contributed by atoms with E-state index in [1.807, 2.05) is 33.8 Å². The minimum absolute atomic E-state index is 0.143. The molecule has 1 amide bonds. The highest BCUT2D eigenvalue weighted by Gasteiger charge is 2.30. The first kappa shape index (κ1) is 17.1. The van der Waals surface area contributed by atoms with Gasteiger partial charge >= 0.3 is 0 Å². The van der Waals surface area contributed by atoms with E-state index in [4.69, 9.17) is 5.73 Å². The molecule has 124 valence electrons. The number of hydrogen-bond donors (Lipinski definition) is 2. The van der Waals surface area contributed by atoms with Gasteiger partial charge in [-0.25, -0.2) is 4.98 Å². The molecule has 1 aromatic heterocycles. The Morgan fingerprint density at radius 2 is 2.00 bits per heavy atom. The van der Waals surface area contributed by atoms with E-state index in [2.05, 4.69) is 9.97 Å². The lowest BCUT2D eigenvalue weighted by Gasteiger charge is -2.31. The first-order chi connectivity index (χ1) is 10.7. The van der Waals surface area contributed by atoms with Crippen LogP contribution in [0.25, 0.3) is 10.9 Å². The van der Waals surface area contributed by atoms with Gasteiger partial charge in [0.05, 0.1) is 23.5 Å². The second kappa shape index (κ2) is 6.50. The molecule has 1 heterocycles. The predicted octanol–water partition coefficient (Wildman–Crippen LogP) is 1.64. The number of hydrogen-bond acceptors (Lipinski definition) is 4. The van der Waals surface area contributed by atoms with Crippen molar-refractivity contribution < 1.29 is 4.79 Å². The fraction of sp³-hybridized carbons (Fsp3) is 0.471. The number of para-hydroxylation sites is 1. The number of amides is 1. The summed E-state index contributed by atoms with van der Waals surface area (Å²) < 4.78 is 0. The number of fused-ring (bicyclic) bond motifs is 1. The van der Waals surface area contributed by atoms with Crippen LogP contribution in [-0.2, 0) is 11.3 Å². The van der Waals surface area contributed by atoms with Gasteiger partial charge in [0.2, 0.25) is 5.91 Å². The largest absolute Gasteiger partial charge is 0.334 e. The molecule has 3 N–H and O–H groups in total. The summed E-state index contributed by atoms with van der Waals surface area (Å²) in [5.74, 6) is 0.320. The summed E-state index contributed by atoms with van der Waals surface area (Å²) in [6.45, 7) is 8.41. The van der Waals surface area contributed by atoms with Crippen molar-refractivity contribution in [1.29, 1.82) is 0 Å². The molecule has 0 saturated carbocycles. The summed E-state index contributed by atoms with van der Waals surface area (Å²) in [5, 5.41) is 0.539. The number of aromatic nitrogens is 2. The number of likely N-dealkylation sites (N-methyl/N-ethyl adjacent to an activating group) is 1. The molecule has 1 aromatic carbocycles. The van der Waals surface area contributed by atoms with E-state index in [0.717, 1.165) is 0 Å². The molecule has 0 aliphatic carbocycles. The Balaban J connectivity index is 2.29. The van der Waals surface area contributed by atoms with E-state index in [-0.39, 0.29) is 23.4 Å². The number of benzene rings is 1. The summed E-state index contributed by atoms with van der Waals surface area (Å²) in [6.07, 6.45) is 0. The van der Waals surface area contributed by atoms with Crippen molar-refractivity contribution in [3.05, 3.63) is 40.4 Å². The van der Waals surface area contributed by atoms with Crippen LogP contribution in [0.2, 0.25) is 0 Å². The van der Waals surface area contributed by atoms with Gasteiger partial charge in [-0.3, -0.25) is 9.59 Å². The topological polar surface area (TPSA) is 92.1 Å². The molecule has 0 radical (unpaired) electrons. The van der Waals surface area contributed by atoms with Crippen LogP contribution in [0.5, 0.6) is 0 Å². The van der Waals surface area contributed by atoms with Crippen LogP contribution in [0.15, 0.2) is 29.1 Å². The van der Waals surface area contributed by atoms with Crippen molar-refractivity contribution in [1.82, 2.24) is 14.9 Å². The van der Waals surface area contributed by atoms with Crippen LogP contribution in [0.4, 0.5) is 0 Å². The fourth-order valence-electron chi connectivity index (χ4n) is 2.30. The Kier molecular flexibility index (Phi) is 4.85. The van der Waals surface area contributed by atoms with Gasteiger partial charge in [-0.1, -0.05) is 32.9 Å². The molecule has 23 heavy (non-hydrogen) atoms. The normalized spacial score (nSPS) is 13.1. The quantitative estimate of drug-likeness (QED) is 0.897. The maximum atomic E-state index is 12.6. The lowest BCUT2D eigenvalue weighted by Crippen LogP contribution is -2.50. The summed E-state index contributed by atoms with van der Waals surface area (Å²) in [4.78, 5) is 33.5. The van der Waals surface area contributed by atoms with Gasteiger partial charge in [-0.2, -0.15) is 0 Å². The fourth-order valence-corrected chi connectivity index (χ4v) is 2.30. The monoisotopic (exact) mass is 316 g/mol. The lowest BCUT2D eigenvalue weighted by molar-refractivity contribution is -0.135. The van der Waals surface area contributed by atoms with Crippen molar-refractivity contribution >= 4 is 16.8 Å². The van der Waals surface area contributed by atoms with E-state index in [0.29, 0.717) is 23.3 Å². The van der Waals surface area contributed by atoms with Gasteiger partial charge in [0.1, 0.15) is 5.82 Å². The van der Waals surface area contributed by atoms with E-state index in [9.17, 15) is 9.59 Å². The van der Waals surface area contributed by atoms with Crippen molar-refractivity contribution in [3.8, 4) is 0 Å². The summed E-state index contributed by atoms with van der Waals surface area (Å²) in [6, 6.07) is 6.53. The van der Waals surface area contributed by atoms with Crippen LogP contribution in [0.1, 0.15) is 33.5 Å². The Morgan fingerprint density at radius 1 is 1.35 bits per heavy atom. The molecule has 0 saturated heterocycles. The van der Waals surface area contributed by atoms with E-state index in [1.165, 1.54) is 0 Å². The second-order valence-corrected chi connectivity index (χ2v) is 6.73. The number of H-pyrrole nitrogens is 1. The zero-order valence-electron chi connectivity index (χ0n) is 14.1. The first-order valence-corrected chi connectivity index (χ1v) is 7.76. The highest BCUT2D eigenvalue weighted by atomic mass is 16.2. The lowest BCUT2D eigenvalue weighted by atomic mass is 9.86. The summed E-state index contributed by atoms with van der Waals surface area (Å²) >= 11 is 0. The minimum Gasteiger partial charge on any atom is -0.334 e. The van der Waals surface area contributed by atoms with Gasteiger partial charge in [0, 0.05) is 6.54 Å². The Bertz CT molecular complexity index is 761.